The van der Waals surface area contributed by atoms with Crippen molar-refractivity contribution in [2.45, 2.75) is 51.6 Å². The minimum atomic E-state index is -0.254. The number of likely N-dealkylation sites (tertiary alicyclic amines) is 1. The maximum atomic E-state index is 12.4. The number of rotatable bonds is 8. The van der Waals surface area contributed by atoms with E-state index in [1.807, 2.05) is 36.4 Å². The lowest BCUT2D eigenvalue weighted by Crippen LogP contribution is -2.40. The Morgan fingerprint density at radius 1 is 1.29 bits per heavy atom. The van der Waals surface area contributed by atoms with Crippen LogP contribution in [0, 0.1) is 0 Å². The first-order valence-corrected chi connectivity index (χ1v) is 11.4. The molecular formula is C25H32N4O2. The molecule has 2 aromatic rings. The van der Waals surface area contributed by atoms with Gasteiger partial charge in [-0.05, 0) is 68.6 Å². The van der Waals surface area contributed by atoms with Gasteiger partial charge in [0.25, 0.3) is 5.91 Å². The summed E-state index contributed by atoms with van der Waals surface area (Å²) < 4.78 is 5.75. The van der Waals surface area contributed by atoms with Gasteiger partial charge in [0.15, 0.2) is 5.76 Å². The van der Waals surface area contributed by atoms with E-state index in [9.17, 15) is 4.79 Å². The van der Waals surface area contributed by atoms with Gasteiger partial charge in [0.1, 0.15) is 5.69 Å². The van der Waals surface area contributed by atoms with Crippen molar-refractivity contribution in [2.24, 2.45) is 0 Å². The molecule has 0 radical (unpaired) electrons. The second kappa shape index (κ2) is 10.6. The van der Waals surface area contributed by atoms with Crippen LogP contribution in [0.3, 0.4) is 0 Å². The molecule has 0 bridgehead atoms. The summed E-state index contributed by atoms with van der Waals surface area (Å²) in [6, 6.07) is 12.3. The number of anilines is 1. The first kappa shape index (κ1) is 21.5. The summed E-state index contributed by atoms with van der Waals surface area (Å²) in [6.07, 6.45) is 9.98. The molecule has 1 fully saturated rings. The van der Waals surface area contributed by atoms with Crippen molar-refractivity contribution >= 4 is 17.7 Å². The predicted octanol–water partition coefficient (Wildman–Crippen LogP) is 4.20. The Bertz CT molecular complexity index is 913. The molecule has 1 atom stereocenters. The Kier molecular flexibility index (Phi) is 7.33. The zero-order valence-corrected chi connectivity index (χ0v) is 18.3. The van der Waals surface area contributed by atoms with Gasteiger partial charge in [0.05, 0.1) is 0 Å². The van der Waals surface area contributed by atoms with Crippen molar-refractivity contribution < 1.29 is 9.53 Å². The molecular weight excluding hydrogens is 388 g/mol. The zero-order valence-electron chi connectivity index (χ0n) is 18.3. The molecule has 0 spiro atoms. The lowest BCUT2D eigenvalue weighted by atomic mass is 10.00. The number of carbonyl (C=O) groups excluding carboxylic acids is 1. The maximum absolute atomic E-state index is 12.4. The molecule has 1 aromatic carbocycles. The van der Waals surface area contributed by atoms with Gasteiger partial charge in [-0.15, -0.1) is 0 Å². The maximum Gasteiger partial charge on any atom is 0.291 e. The molecule has 2 N–H and O–H groups in total. The van der Waals surface area contributed by atoms with E-state index >= 15 is 0 Å². The average molecular weight is 421 g/mol. The molecule has 2 aliphatic rings. The molecule has 4 rings (SSSR count). The Hall–Kier alpha value is -2.70. The number of ether oxygens (including phenoxy) is 1. The van der Waals surface area contributed by atoms with Gasteiger partial charge < -0.3 is 20.3 Å². The second-order valence-electron chi connectivity index (χ2n) is 8.30. The Balaban J connectivity index is 1.27. The van der Waals surface area contributed by atoms with Gasteiger partial charge in [-0.1, -0.05) is 43.7 Å². The summed E-state index contributed by atoms with van der Waals surface area (Å²) in [5, 5.41) is 6.40. The lowest BCUT2D eigenvalue weighted by molar-refractivity contribution is -0.115. The van der Waals surface area contributed by atoms with Crippen molar-refractivity contribution in [3.8, 4) is 5.88 Å². The molecule has 6 nitrogen and oxygen atoms in total. The van der Waals surface area contributed by atoms with Crippen LogP contribution in [-0.4, -0.2) is 41.5 Å². The Morgan fingerprint density at radius 2 is 2.16 bits per heavy atom. The molecule has 6 heteroatoms. The summed E-state index contributed by atoms with van der Waals surface area (Å²) >= 11 is 0. The summed E-state index contributed by atoms with van der Waals surface area (Å²) in [6.45, 7) is 6.40. The number of piperidine rings is 1. The number of amides is 1. The van der Waals surface area contributed by atoms with Crippen LogP contribution in [0.5, 0.6) is 5.88 Å². The molecule has 1 amide bonds. The monoisotopic (exact) mass is 420 g/mol. The van der Waals surface area contributed by atoms with Crippen LogP contribution in [-0.2, 0) is 11.3 Å². The van der Waals surface area contributed by atoms with Crippen molar-refractivity contribution in [1.82, 2.24) is 15.2 Å². The molecule has 1 aromatic heterocycles. The fourth-order valence-electron chi connectivity index (χ4n) is 4.35. The van der Waals surface area contributed by atoms with Crippen LogP contribution >= 0.6 is 0 Å². The van der Waals surface area contributed by atoms with E-state index in [4.69, 9.17) is 4.74 Å². The number of benzene rings is 1. The van der Waals surface area contributed by atoms with Crippen LogP contribution in [0.2, 0.25) is 0 Å². The number of pyridine rings is 1. The quantitative estimate of drug-likeness (QED) is 0.495. The van der Waals surface area contributed by atoms with Crippen molar-refractivity contribution in [3.63, 3.8) is 0 Å². The van der Waals surface area contributed by atoms with Crippen LogP contribution in [0.25, 0.3) is 6.08 Å². The zero-order chi connectivity index (χ0) is 21.5. The number of nitrogens with zero attached hydrogens (tertiary/aromatic N) is 2. The minimum absolute atomic E-state index is 0.250. The molecule has 2 aliphatic heterocycles. The van der Waals surface area contributed by atoms with Gasteiger partial charge in [-0.25, -0.2) is 4.98 Å². The first-order valence-electron chi connectivity index (χ1n) is 11.4. The highest BCUT2D eigenvalue weighted by atomic mass is 16.5. The molecule has 1 unspecified atom stereocenters. The third-order valence-corrected chi connectivity index (χ3v) is 6.03. The molecule has 0 aliphatic carbocycles. The van der Waals surface area contributed by atoms with Crippen LogP contribution in [0.1, 0.15) is 50.2 Å². The molecule has 3 heterocycles. The first-order chi connectivity index (χ1) is 15.2. The summed E-state index contributed by atoms with van der Waals surface area (Å²) in [5.74, 6) is 0.427. The van der Waals surface area contributed by atoms with E-state index in [0.29, 0.717) is 11.6 Å². The number of nitrogens with one attached hydrogen (secondary N) is 2. The highest BCUT2D eigenvalue weighted by molar-refractivity contribution is 6.07. The standard InChI is InChI=1S/C25H32N4O2/c1-2-21-11-6-7-13-29(21)14-8-12-26-17-20-15-22-25(27-18-20)31-23(24(30)28-22)16-19-9-4-3-5-10-19/h3-5,9-10,15-16,18,21,26H,2,6-8,11-14,17H2,1H3,(H,28,30)/b23-16-. The highest BCUT2D eigenvalue weighted by Gasteiger charge is 2.23. The number of carbonyl (C=O) groups is 1. The van der Waals surface area contributed by atoms with Crippen molar-refractivity contribution in [1.29, 1.82) is 0 Å². The van der Waals surface area contributed by atoms with Crippen LogP contribution < -0.4 is 15.4 Å². The van der Waals surface area contributed by atoms with Gasteiger partial charge >= 0.3 is 0 Å². The van der Waals surface area contributed by atoms with E-state index in [1.165, 1.54) is 32.2 Å². The topological polar surface area (TPSA) is 66.5 Å². The Morgan fingerprint density at radius 3 is 3.00 bits per heavy atom. The number of fused-ring (bicyclic) bond motifs is 1. The fraction of sp³-hybridized carbons (Fsp3) is 0.440. The van der Waals surface area contributed by atoms with Gasteiger partial charge in [-0.2, -0.15) is 0 Å². The number of hydrogen-bond donors (Lipinski definition) is 2. The largest absolute Gasteiger partial charge is 0.431 e. The molecule has 31 heavy (non-hydrogen) atoms. The molecule has 0 saturated carbocycles. The van der Waals surface area contributed by atoms with Gasteiger partial charge in [0, 0.05) is 18.8 Å². The fourth-order valence-corrected chi connectivity index (χ4v) is 4.35. The Labute approximate surface area is 184 Å². The summed E-state index contributed by atoms with van der Waals surface area (Å²) in [5.41, 5.74) is 2.56. The molecule has 1 saturated heterocycles. The van der Waals surface area contributed by atoms with Gasteiger partial charge in [-0.3, -0.25) is 4.79 Å². The third kappa shape index (κ3) is 5.71. The summed E-state index contributed by atoms with van der Waals surface area (Å²) in [4.78, 5) is 19.5. The van der Waals surface area contributed by atoms with E-state index < -0.39 is 0 Å². The minimum Gasteiger partial charge on any atom is -0.431 e. The summed E-state index contributed by atoms with van der Waals surface area (Å²) in [7, 11) is 0. The highest BCUT2D eigenvalue weighted by Crippen LogP contribution is 2.30. The van der Waals surface area contributed by atoms with Crippen molar-refractivity contribution in [2.75, 3.05) is 25.0 Å². The van der Waals surface area contributed by atoms with E-state index in [2.05, 4.69) is 27.4 Å². The van der Waals surface area contributed by atoms with Gasteiger partial charge in [0.2, 0.25) is 5.88 Å². The van der Waals surface area contributed by atoms with Crippen LogP contribution in [0.15, 0.2) is 48.4 Å². The van der Waals surface area contributed by atoms with Crippen LogP contribution in [0.4, 0.5) is 5.69 Å². The second-order valence-corrected chi connectivity index (χ2v) is 8.30. The van der Waals surface area contributed by atoms with E-state index in [1.54, 1.807) is 12.3 Å². The van der Waals surface area contributed by atoms with E-state index in [0.717, 1.165) is 43.2 Å². The normalized spacial score (nSPS) is 20.2. The molecule has 164 valence electrons. The lowest BCUT2D eigenvalue weighted by Gasteiger charge is -2.35. The SMILES string of the molecule is CCC1CCCCN1CCCNCc1cnc2c(c1)NC(=O)/C(=C/c1ccccc1)O2. The smallest absolute Gasteiger partial charge is 0.291 e. The van der Waals surface area contributed by atoms with E-state index in [-0.39, 0.29) is 11.7 Å². The number of hydrogen-bond acceptors (Lipinski definition) is 5. The third-order valence-electron chi connectivity index (χ3n) is 6.03. The average Bonchev–Trinajstić information content (AvgIpc) is 2.80. The number of aromatic nitrogens is 1. The van der Waals surface area contributed by atoms with Crippen molar-refractivity contribution in [3.05, 3.63) is 59.5 Å². The predicted molar refractivity (Wildman–Crippen MR) is 124 cm³/mol.